The van der Waals surface area contributed by atoms with E-state index < -0.39 is 0 Å². The van der Waals surface area contributed by atoms with E-state index in [2.05, 4.69) is 51.3 Å². The van der Waals surface area contributed by atoms with Gasteiger partial charge < -0.3 is 10.3 Å². The highest BCUT2D eigenvalue weighted by molar-refractivity contribution is 5.81. The first-order chi connectivity index (χ1) is 19.3. The Morgan fingerprint density at radius 2 is 1.98 bits per heavy atom. The van der Waals surface area contributed by atoms with E-state index >= 15 is 0 Å². The lowest BCUT2D eigenvalue weighted by Crippen LogP contribution is -2.21. The number of rotatable bonds is 9. The second kappa shape index (κ2) is 11.5. The summed E-state index contributed by atoms with van der Waals surface area (Å²) in [5.74, 6) is 0.823. The molecule has 1 fully saturated rings. The molecule has 40 heavy (non-hydrogen) atoms. The van der Waals surface area contributed by atoms with Crippen molar-refractivity contribution in [2.24, 2.45) is 5.92 Å². The van der Waals surface area contributed by atoms with Crippen LogP contribution in [0.1, 0.15) is 48.7 Å². The van der Waals surface area contributed by atoms with E-state index in [-0.39, 0.29) is 5.82 Å². The van der Waals surface area contributed by atoms with Crippen LogP contribution in [-0.2, 0) is 0 Å². The fourth-order valence-electron chi connectivity index (χ4n) is 4.71. The highest BCUT2D eigenvalue weighted by atomic mass is 19.1. The van der Waals surface area contributed by atoms with Gasteiger partial charge in [0.25, 0.3) is 0 Å². The molecule has 1 aliphatic rings. The quantitative estimate of drug-likeness (QED) is 0.222. The number of aromatic amines is 2. The van der Waals surface area contributed by atoms with Crippen LogP contribution in [0.4, 0.5) is 10.1 Å². The number of imidazole rings is 1. The van der Waals surface area contributed by atoms with Crippen molar-refractivity contribution in [3.8, 4) is 11.5 Å². The van der Waals surface area contributed by atoms with Gasteiger partial charge in [0.2, 0.25) is 0 Å². The molecule has 0 unspecified atom stereocenters. The predicted octanol–water partition coefficient (Wildman–Crippen LogP) is 6.28. The number of hydrogen-bond acceptors (Lipinski definition) is 4. The Morgan fingerprint density at radius 3 is 2.70 bits per heavy atom. The fraction of sp³-hybridized carbons (Fsp3) is 0.182. The third kappa shape index (κ3) is 5.64. The summed E-state index contributed by atoms with van der Waals surface area (Å²) in [6.45, 7) is 16.2. The van der Waals surface area contributed by atoms with Crippen molar-refractivity contribution >= 4 is 29.5 Å². The minimum absolute atomic E-state index is 0.311. The van der Waals surface area contributed by atoms with Gasteiger partial charge in [-0.1, -0.05) is 56.5 Å². The van der Waals surface area contributed by atoms with Crippen molar-refractivity contribution in [1.82, 2.24) is 25.1 Å². The van der Waals surface area contributed by atoms with Crippen LogP contribution in [0.5, 0.6) is 0 Å². The molecule has 3 heterocycles. The fourth-order valence-corrected chi connectivity index (χ4v) is 4.71. The normalized spacial score (nSPS) is 14.7. The first kappa shape index (κ1) is 26.8. The van der Waals surface area contributed by atoms with E-state index in [0.29, 0.717) is 28.7 Å². The monoisotopic (exact) mass is 532 g/mol. The lowest BCUT2D eigenvalue weighted by atomic mass is 9.83. The molecule has 0 amide bonds. The average molecular weight is 533 g/mol. The summed E-state index contributed by atoms with van der Waals surface area (Å²) in [5.41, 5.74) is 7.69. The van der Waals surface area contributed by atoms with Gasteiger partial charge in [0.1, 0.15) is 11.5 Å². The third-order valence-electron chi connectivity index (χ3n) is 7.28. The molecule has 1 saturated carbocycles. The molecule has 1 aromatic carbocycles. The van der Waals surface area contributed by atoms with Crippen molar-refractivity contribution in [3.63, 3.8) is 0 Å². The molecule has 5 rings (SSSR count). The maximum atomic E-state index is 13.9. The molecular formula is C33H33FN6. The minimum Gasteiger partial charge on any atom is -0.358 e. The number of allylic oxidation sites excluding steroid dienone is 5. The Hall–Kier alpha value is -4.78. The summed E-state index contributed by atoms with van der Waals surface area (Å²) in [5, 5.41) is 12.5. The number of pyridine rings is 1. The number of aryl methyl sites for hydroxylation is 1. The first-order valence-corrected chi connectivity index (χ1v) is 13.3. The molecule has 0 aliphatic heterocycles. The Bertz CT molecular complexity index is 1750. The molecule has 0 bridgehead atoms. The van der Waals surface area contributed by atoms with E-state index in [9.17, 15) is 4.39 Å². The molecule has 202 valence electrons. The smallest absolute Gasteiger partial charge is 0.159 e. The molecule has 1 aliphatic carbocycles. The van der Waals surface area contributed by atoms with Crippen LogP contribution in [-0.4, -0.2) is 25.1 Å². The molecule has 6 nitrogen and oxygen atoms in total. The van der Waals surface area contributed by atoms with Gasteiger partial charge in [-0.3, -0.25) is 10.1 Å². The Morgan fingerprint density at radius 1 is 1.15 bits per heavy atom. The van der Waals surface area contributed by atoms with Crippen LogP contribution in [0, 0.1) is 18.7 Å². The predicted molar refractivity (Wildman–Crippen MR) is 162 cm³/mol. The van der Waals surface area contributed by atoms with E-state index in [1.807, 2.05) is 50.5 Å². The maximum absolute atomic E-state index is 13.9. The SMILES string of the molecule is C=C/C=C(/c1cccc(F)c1)c1nc(-c2n[nH]/c(=C/C=C(\C)c3cncc(NC(=C)C4CCC4)c3)c2=C)[nH]c1C. The van der Waals surface area contributed by atoms with Gasteiger partial charge in [-0.15, -0.1) is 0 Å². The molecule has 0 saturated heterocycles. The number of nitrogens with one attached hydrogen (secondary N) is 3. The summed E-state index contributed by atoms with van der Waals surface area (Å²) in [7, 11) is 0. The number of halogens is 1. The van der Waals surface area contributed by atoms with Gasteiger partial charge in [0, 0.05) is 28.4 Å². The molecule has 3 aromatic heterocycles. The highest BCUT2D eigenvalue weighted by Gasteiger charge is 2.20. The summed E-state index contributed by atoms with van der Waals surface area (Å²) in [4.78, 5) is 12.5. The maximum Gasteiger partial charge on any atom is 0.159 e. The molecule has 0 spiro atoms. The van der Waals surface area contributed by atoms with Gasteiger partial charge in [-0.05, 0) is 73.6 Å². The van der Waals surface area contributed by atoms with Crippen molar-refractivity contribution in [3.05, 3.63) is 119 Å². The summed E-state index contributed by atoms with van der Waals surface area (Å²) >= 11 is 0. The number of hydrogen-bond donors (Lipinski definition) is 3. The second-order valence-corrected chi connectivity index (χ2v) is 10.1. The van der Waals surface area contributed by atoms with Crippen LogP contribution in [0.3, 0.4) is 0 Å². The Balaban J connectivity index is 1.40. The van der Waals surface area contributed by atoms with Crippen molar-refractivity contribution in [2.75, 3.05) is 5.32 Å². The Labute approximate surface area is 233 Å². The van der Waals surface area contributed by atoms with E-state index in [1.165, 1.54) is 31.4 Å². The average Bonchev–Trinajstić information content (AvgIpc) is 3.46. The highest BCUT2D eigenvalue weighted by Crippen LogP contribution is 2.33. The topological polar surface area (TPSA) is 82.3 Å². The number of nitrogens with zero attached hydrogens (tertiary/aromatic N) is 3. The van der Waals surface area contributed by atoms with Crippen LogP contribution < -0.4 is 15.9 Å². The number of aromatic nitrogens is 5. The van der Waals surface area contributed by atoms with E-state index in [1.54, 1.807) is 12.1 Å². The summed E-state index contributed by atoms with van der Waals surface area (Å²) < 4.78 is 13.9. The minimum atomic E-state index is -0.311. The first-order valence-electron chi connectivity index (χ1n) is 13.3. The summed E-state index contributed by atoms with van der Waals surface area (Å²) in [6, 6.07) is 8.51. The summed E-state index contributed by atoms with van der Waals surface area (Å²) in [6.07, 6.45) is 14.8. The number of anilines is 1. The van der Waals surface area contributed by atoms with E-state index in [0.717, 1.165) is 44.4 Å². The molecule has 3 N–H and O–H groups in total. The van der Waals surface area contributed by atoms with Gasteiger partial charge in [-0.25, -0.2) is 9.37 Å². The second-order valence-electron chi connectivity index (χ2n) is 10.1. The molecule has 7 heteroatoms. The van der Waals surface area contributed by atoms with Gasteiger partial charge >= 0.3 is 0 Å². The Kier molecular flexibility index (Phi) is 7.73. The van der Waals surface area contributed by atoms with Crippen LogP contribution in [0.15, 0.2) is 79.8 Å². The van der Waals surface area contributed by atoms with Gasteiger partial charge in [-0.2, -0.15) is 5.10 Å². The number of H-pyrrole nitrogens is 2. The zero-order valence-electron chi connectivity index (χ0n) is 22.9. The van der Waals surface area contributed by atoms with Crippen molar-refractivity contribution in [1.29, 1.82) is 0 Å². The van der Waals surface area contributed by atoms with Crippen molar-refractivity contribution in [2.45, 2.75) is 33.1 Å². The third-order valence-corrected chi connectivity index (χ3v) is 7.28. The van der Waals surface area contributed by atoms with Crippen LogP contribution in [0.2, 0.25) is 0 Å². The standard InChI is InChI=1S/C33H33FN6/c1-6-9-29(25-12-8-13-27(34)16-25)32-23(5)37-33(38-32)31-21(3)30(39-40-31)15-14-20(2)26-17-28(19-35-18-26)36-22(4)24-10-7-11-24/h6,8-9,12-19,24,36,39H,1,3-4,7,10-11H2,2,5H3,(H,37,38)/b20-14+,29-9-,30-15+. The van der Waals surface area contributed by atoms with Crippen LogP contribution in [0.25, 0.3) is 35.3 Å². The lowest BCUT2D eigenvalue weighted by Gasteiger charge is -2.28. The zero-order chi connectivity index (χ0) is 28.2. The largest absolute Gasteiger partial charge is 0.358 e. The lowest BCUT2D eigenvalue weighted by molar-refractivity contribution is 0.371. The molecule has 4 aromatic rings. The van der Waals surface area contributed by atoms with Crippen molar-refractivity contribution < 1.29 is 4.39 Å². The molecule has 0 atom stereocenters. The zero-order valence-corrected chi connectivity index (χ0v) is 22.9. The number of benzene rings is 1. The molecule has 0 radical (unpaired) electrons. The molecular weight excluding hydrogens is 499 g/mol. The van der Waals surface area contributed by atoms with Crippen LogP contribution >= 0.6 is 0 Å². The van der Waals surface area contributed by atoms with E-state index in [4.69, 9.17) is 4.98 Å². The van der Waals surface area contributed by atoms with Gasteiger partial charge in [0.15, 0.2) is 5.82 Å². The van der Waals surface area contributed by atoms with Gasteiger partial charge in [0.05, 0.1) is 22.9 Å².